The average Bonchev–Trinajstić information content (AvgIpc) is 3.17. The molecule has 2 aromatic carbocycles. The SMILES string of the molecule is CCOc1ccc(N2C[C@@H](C(=O)Oc3ccc(N4C(=O)CCCC4=O)c(C)c3)CC2=O)cc1. The number of carbonyl (C=O) groups excluding carboxylic acids is 4. The molecule has 0 aromatic heterocycles. The minimum atomic E-state index is -0.589. The second-order valence-corrected chi connectivity index (χ2v) is 8.18. The molecular formula is C25H26N2O6. The third kappa shape index (κ3) is 4.74. The number of piperidine rings is 1. The lowest BCUT2D eigenvalue weighted by Crippen LogP contribution is -2.40. The number of hydrogen-bond acceptors (Lipinski definition) is 6. The molecule has 0 bridgehead atoms. The van der Waals surface area contributed by atoms with Gasteiger partial charge in [0.25, 0.3) is 0 Å². The minimum Gasteiger partial charge on any atom is -0.494 e. The zero-order chi connectivity index (χ0) is 23.5. The summed E-state index contributed by atoms with van der Waals surface area (Å²) in [4.78, 5) is 52.4. The highest BCUT2D eigenvalue weighted by Crippen LogP contribution is 2.31. The molecule has 4 rings (SSSR count). The van der Waals surface area contributed by atoms with Crippen LogP contribution in [-0.2, 0) is 19.2 Å². The van der Waals surface area contributed by atoms with E-state index in [9.17, 15) is 19.2 Å². The van der Waals surface area contributed by atoms with Crippen molar-refractivity contribution in [3.8, 4) is 11.5 Å². The van der Waals surface area contributed by atoms with Crippen LogP contribution in [0.15, 0.2) is 42.5 Å². The highest BCUT2D eigenvalue weighted by Gasteiger charge is 2.36. The van der Waals surface area contributed by atoms with E-state index in [1.54, 1.807) is 54.3 Å². The van der Waals surface area contributed by atoms with Crippen molar-refractivity contribution in [2.45, 2.75) is 39.5 Å². The Kier molecular flexibility index (Phi) is 6.44. The molecule has 2 aromatic rings. The molecule has 2 saturated heterocycles. The van der Waals surface area contributed by atoms with Gasteiger partial charge < -0.3 is 14.4 Å². The van der Waals surface area contributed by atoms with E-state index >= 15 is 0 Å². The molecule has 8 heteroatoms. The molecule has 0 unspecified atom stereocenters. The van der Waals surface area contributed by atoms with Crippen LogP contribution >= 0.6 is 0 Å². The van der Waals surface area contributed by atoms with Crippen molar-refractivity contribution in [3.63, 3.8) is 0 Å². The number of aryl methyl sites for hydroxylation is 1. The van der Waals surface area contributed by atoms with Crippen molar-refractivity contribution in [3.05, 3.63) is 48.0 Å². The van der Waals surface area contributed by atoms with Crippen LogP contribution in [0.1, 0.15) is 38.2 Å². The Morgan fingerprint density at radius 1 is 0.970 bits per heavy atom. The van der Waals surface area contributed by atoms with Gasteiger partial charge in [-0.3, -0.25) is 24.1 Å². The molecule has 0 spiro atoms. The number of benzene rings is 2. The molecule has 0 N–H and O–H groups in total. The lowest BCUT2D eigenvalue weighted by Gasteiger charge is -2.26. The number of imide groups is 1. The van der Waals surface area contributed by atoms with E-state index < -0.39 is 11.9 Å². The predicted octanol–water partition coefficient (Wildman–Crippen LogP) is 3.40. The van der Waals surface area contributed by atoms with Gasteiger partial charge in [-0.1, -0.05) is 0 Å². The van der Waals surface area contributed by atoms with Gasteiger partial charge in [-0.25, -0.2) is 0 Å². The summed E-state index contributed by atoms with van der Waals surface area (Å²) in [7, 11) is 0. The molecule has 0 radical (unpaired) electrons. The largest absolute Gasteiger partial charge is 0.494 e. The van der Waals surface area contributed by atoms with Crippen LogP contribution in [0.3, 0.4) is 0 Å². The van der Waals surface area contributed by atoms with E-state index in [0.29, 0.717) is 48.6 Å². The number of ether oxygens (including phenoxy) is 2. The van der Waals surface area contributed by atoms with Gasteiger partial charge in [0.1, 0.15) is 11.5 Å². The maximum atomic E-state index is 12.7. The summed E-state index contributed by atoms with van der Waals surface area (Å²) >= 11 is 0. The Hall–Kier alpha value is -3.68. The molecule has 2 aliphatic heterocycles. The van der Waals surface area contributed by atoms with E-state index in [4.69, 9.17) is 9.47 Å². The number of amides is 3. The van der Waals surface area contributed by atoms with Gasteiger partial charge in [0.2, 0.25) is 17.7 Å². The molecule has 172 valence electrons. The number of rotatable bonds is 6. The summed E-state index contributed by atoms with van der Waals surface area (Å²) in [6, 6.07) is 12.0. The van der Waals surface area contributed by atoms with Crippen molar-refractivity contribution in [1.29, 1.82) is 0 Å². The molecular weight excluding hydrogens is 424 g/mol. The van der Waals surface area contributed by atoms with Gasteiger partial charge in [-0.2, -0.15) is 0 Å². The molecule has 2 fully saturated rings. The Balaban J connectivity index is 1.42. The van der Waals surface area contributed by atoms with Gasteiger partial charge in [-0.15, -0.1) is 0 Å². The Bertz CT molecular complexity index is 1080. The van der Waals surface area contributed by atoms with Crippen LogP contribution in [-0.4, -0.2) is 36.8 Å². The Labute approximate surface area is 192 Å². The number of nitrogens with zero attached hydrogens (tertiary/aromatic N) is 2. The second kappa shape index (κ2) is 9.44. The summed E-state index contributed by atoms with van der Waals surface area (Å²) in [6.45, 7) is 4.45. The molecule has 8 nitrogen and oxygen atoms in total. The van der Waals surface area contributed by atoms with Crippen molar-refractivity contribution < 1.29 is 28.7 Å². The number of hydrogen-bond donors (Lipinski definition) is 0. The van der Waals surface area contributed by atoms with Gasteiger partial charge in [-0.05, 0) is 68.3 Å². The van der Waals surface area contributed by atoms with Crippen LogP contribution in [0, 0.1) is 12.8 Å². The number of carbonyl (C=O) groups is 4. The summed E-state index contributed by atoms with van der Waals surface area (Å²) < 4.78 is 11.0. The summed E-state index contributed by atoms with van der Waals surface area (Å²) in [6.07, 6.45) is 1.31. The second-order valence-electron chi connectivity index (χ2n) is 8.18. The fourth-order valence-corrected chi connectivity index (χ4v) is 4.17. The van der Waals surface area contributed by atoms with E-state index in [-0.39, 0.29) is 30.7 Å². The molecule has 0 aliphatic carbocycles. The van der Waals surface area contributed by atoms with Crippen molar-refractivity contribution in [1.82, 2.24) is 0 Å². The topological polar surface area (TPSA) is 93.2 Å². The maximum absolute atomic E-state index is 12.7. The standard InChI is InChI=1S/C25H26N2O6/c1-3-32-19-9-7-18(8-10-19)26-15-17(14-24(26)30)25(31)33-20-11-12-21(16(2)13-20)27-22(28)5-4-6-23(27)29/h7-13,17H,3-6,14-15H2,1-2H3/t17-/m0/s1. The first-order valence-electron chi connectivity index (χ1n) is 11.1. The Morgan fingerprint density at radius 2 is 1.64 bits per heavy atom. The summed E-state index contributed by atoms with van der Waals surface area (Å²) in [5, 5.41) is 0. The maximum Gasteiger partial charge on any atom is 0.316 e. The first-order valence-corrected chi connectivity index (χ1v) is 11.1. The van der Waals surface area contributed by atoms with Crippen LogP contribution in [0.5, 0.6) is 11.5 Å². The minimum absolute atomic E-state index is 0.0693. The monoisotopic (exact) mass is 450 g/mol. The smallest absolute Gasteiger partial charge is 0.316 e. The molecule has 0 saturated carbocycles. The van der Waals surface area contributed by atoms with E-state index in [0.717, 1.165) is 5.75 Å². The van der Waals surface area contributed by atoms with E-state index in [1.165, 1.54) is 4.90 Å². The van der Waals surface area contributed by atoms with Crippen LogP contribution in [0.4, 0.5) is 11.4 Å². The lowest BCUT2D eigenvalue weighted by atomic mass is 10.1. The fraction of sp³-hybridized carbons (Fsp3) is 0.360. The van der Waals surface area contributed by atoms with Gasteiger partial charge in [0.05, 0.1) is 18.2 Å². The van der Waals surface area contributed by atoms with E-state index in [1.807, 2.05) is 6.92 Å². The van der Waals surface area contributed by atoms with Crippen molar-refractivity contribution in [2.24, 2.45) is 5.92 Å². The molecule has 1 atom stereocenters. The highest BCUT2D eigenvalue weighted by molar-refractivity contribution is 6.16. The molecule has 2 heterocycles. The zero-order valence-corrected chi connectivity index (χ0v) is 18.7. The zero-order valence-electron chi connectivity index (χ0n) is 18.7. The third-order valence-corrected chi connectivity index (χ3v) is 5.83. The van der Waals surface area contributed by atoms with E-state index in [2.05, 4.69) is 0 Å². The van der Waals surface area contributed by atoms with Gasteiger partial charge >= 0.3 is 5.97 Å². The lowest BCUT2D eigenvalue weighted by molar-refractivity contribution is -0.139. The quantitative estimate of drug-likeness (QED) is 0.381. The van der Waals surface area contributed by atoms with Gasteiger partial charge in [0, 0.05) is 31.5 Å². The average molecular weight is 450 g/mol. The summed E-state index contributed by atoms with van der Waals surface area (Å²) in [5.74, 6) is -0.644. The molecule has 33 heavy (non-hydrogen) atoms. The van der Waals surface area contributed by atoms with Gasteiger partial charge in [0.15, 0.2) is 0 Å². The first kappa shape index (κ1) is 22.5. The molecule has 2 aliphatic rings. The van der Waals surface area contributed by atoms with Crippen molar-refractivity contribution in [2.75, 3.05) is 23.0 Å². The number of esters is 1. The third-order valence-electron chi connectivity index (χ3n) is 5.83. The van der Waals surface area contributed by atoms with Crippen LogP contribution in [0.25, 0.3) is 0 Å². The van der Waals surface area contributed by atoms with Crippen LogP contribution in [0.2, 0.25) is 0 Å². The van der Waals surface area contributed by atoms with Crippen LogP contribution < -0.4 is 19.3 Å². The summed E-state index contributed by atoms with van der Waals surface area (Å²) in [5.41, 5.74) is 1.86. The normalized spacial score (nSPS) is 18.6. The molecule has 3 amide bonds. The fourth-order valence-electron chi connectivity index (χ4n) is 4.17. The predicted molar refractivity (Wildman–Crippen MR) is 121 cm³/mol. The number of anilines is 2. The Morgan fingerprint density at radius 3 is 2.27 bits per heavy atom. The highest BCUT2D eigenvalue weighted by atomic mass is 16.5. The van der Waals surface area contributed by atoms with Crippen molar-refractivity contribution >= 4 is 35.1 Å². The first-order chi connectivity index (χ1) is 15.9.